The molecule has 1 aliphatic heterocycles. The van der Waals surface area contributed by atoms with Crippen molar-refractivity contribution in [3.05, 3.63) is 150 Å². The quantitative estimate of drug-likeness (QED) is 0.254. The maximum absolute atomic E-state index is 14.4. The van der Waals surface area contributed by atoms with Gasteiger partial charge < -0.3 is 9.72 Å². The number of nitrogens with zero attached hydrogens (tertiary/aromatic N) is 2. The molecule has 4 aromatic carbocycles. The minimum atomic E-state index is -0.362. The molecule has 0 bridgehead atoms. The molecule has 0 radical (unpaired) electrons. The van der Waals surface area contributed by atoms with Gasteiger partial charge in [-0.3, -0.25) is 9.36 Å². The van der Waals surface area contributed by atoms with Crippen molar-refractivity contribution in [3.63, 3.8) is 0 Å². The fourth-order valence-electron chi connectivity index (χ4n) is 6.46. The molecule has 0 fully saturated rings. The number of allylic oxidation sites excluding steroid dienone is 1. The molecule has 2 aliphatic rings. The third-order valence-corrected chi connectivity index (χ3v) is 9.44. The van der Waals surface area contributed by atoms with E-state index in [0.29, 0.717) is 9.33 Å². The number of thiazole rings is 1. The van der Waals surface area contributed by atoms with E-state index in [0.717, 1.165) is 68.7 Å². The summed E-state index contributed by atoms with van der Waals surface area (Å²) in [7, 11) is 1.66. The first-order valence-corrected chi connectivity index (χ1v) is 15.0. The molecule has 3 heterocycles. The minimum Gasteiger partial charge on any atom is -0.495 e. The lowest BCUT2D eigenvalue weighted by Crippen LogP contribution is -2.38. The zero-order chi connectivity index (χ0) is 29.1. The highest BCUT2D eigenvalue weighted by atomic mass is 32.1. The number of rotatable bonds is 4. The average Bonchev–Trinajstić information content (AvgIpc) is 3.58. The van der Waals surface area contributed by atoms with Crippen LogP contribution in [-0.2, 0) is 6.42 Å². The molecule has 0 saturated heterocycles. The van der Waals surface area contributed by atoms with E-state index in [-0.39, 0.29) is 17.4 Å². The van der Waals surface area contributed by atoms with Crippen LogP contribution in [0, 0.1) is 5.82 Å². The summed E-state index contributed by atoms with van der Waals surface area (Å²) in [5.41, 5.74) is 8.84. The summed E-state index contributed by atoms with van der Waals surface area (Å²) in [4.78, 5) is 23.7. The first kappa shape index (κ1) is 25.7. The van der Waals surface area contributed by atoms with Crippen molar-refractivity contribution < 1.29 is 9.13 Å². The molecule has 43 heavy (non-hydrogen) atoms. The smallest absolute Gasteiger partial charge is 0.271 e. The van der Waals surface area contributed by atoms with Crippen LogP contribution in [-0.4, -0.2) is 16.7 Å². The second-order valence-corrected chi connectivity index (χ2v) is 11.8. The van der Waals surface area contributed by atoms with Gasteiger partial charge in [0.25, 0.3) is 5.56 Å². The van der Waals surface area contributed by atoms with Crippen molar-refractivity contribution in [2.24, 2.45) is 4.99 Å². The molecule has 8 rings (SSSR count). The molecule has 1 atom stereocenters. The van der Waals surface area contributed by atoms with Crippen LogP contribution in [0.25, 0.3) is 33.9 Å². The normalized spacial score (nSPS) is 16.0. The Bertz CT molecular complexity index is 2260. The second-order valence-electron chi connectivity index (χ2n) is 10.8. The molecular weight excluding hydrogens is 557 g/mol. The molecular formula is C36H26FN3O2S. The van der Waals surface area contributed by atoms with E-state index in [1.807, 2.05) is 48.5 Å². The summed E-state index contributed by atoms with van der Waals surface area (Å²) in [6, 6.07) is 30.5. The maximum Gasteiger partial charge on any atom is 0.271 e. The Morgan fingerprint density at radius 2 is 1.74 bits per heavy atom. The van der Waals surface area contributed by atoms with Crippen LogP contribution in [0.15, 0.2) is 112 Å². The van der Waals surface area contributed by atoms with E-state index in [1.165, 1.54) is 29.0 Å². The minimum absolute atomic E-state index is 0.111. The monoisotopic (exact) mass is 583 g/mol. The summed E-state index contributed by atoms with van der Waals surface area (Å²) in [6.45, 7) is 0. The highest BCUT2D eigenvalue weighted by Crippen LogP contribution is 2.41. The molecule has 1 N–H and O–H groups in total. The number of aromatic nitrogens is 2. The van der Waals surface area contributed by atoms with Crippen molar-refractivity contribution in [2.45, 2.75) is 18.9 Å². The fourth-order valence-corrected chi connectivity index (χ4v) is 7.45. The number of H-pyrrole nitrogens is 1. The van der Waals surface area contributed by atoms with Crippen LogP contribution in [0.3, 0.4) is 0 Å². The van der Waals surface area contributed by atoms with Crippen molar-refractivity contribution in [2.75, 3.05) is 7.11 Å². The van der Waals surface area contributed by atoms with Crippen LogP contribution in [0.2, 0.25) is 0 Å². The lowest BCUT2D eigenvalue weighted by molar-refractivity contribution is 0.419. The lowest BCUT2D eigenvalue weighted by Gasteiger charge is -2.30. The molecule has 0 spiro atoms. The molecule has 0 amide bonds. The number of benzene rings is 4. The van der Waals surface area contributed by atoms with Gasteiger partial charge in [-0.25, -0.2) is 9.38 Å². The van der Waals surface area contributed by atoms with Crippen molar-refractivity contribution in [1.82, 2.24) is 9.55 Å². The summed E-state index contributed by atoms with van der Waals surface area (Å²) < 4.78 is 22.1. The number of aromatic amines is 1. The molecule has 5 nitrogen and oxygen atoms in total. The second kappa shape index (κ2) is 10.1. The number of ether oxygens (including phenoxy) is 1. The highest BCUT2D eigenvalue weighted by molar-refractivity contribution is 7.07. The number of para-hydroxylation sites is 1. The largest absolute Gasteiger partial charge is 0.495 e. The molecule has 0 unspecified atom stereocenters. The number of halogens is 1. The van der Waals surface area contributed by atoms with Crippen molar-refractivity contribution in [3.8, 4) is 17.0 Å². The number of nitrogens with one attached hydrogen (secondary N) is 1. The zero-order valence-electron chi connectivity index (χ0n) is 23.3. The Hall–Kier alpha value is -5.01. The van der Waals surface area contributed by atoms with E-state index in [9.17, 15) is 9.18 Å². The number of hydrogen-bond donors (Lipinski definition) is 1. The topological polar surface area (TPSA) is 59.4 Å². The summed E-state index contributed by atoms with van der Waals surface area (Å²) in [5, 5.41) is 0.965. The first-order valence-electron chi connectivity index (χ1n) is 14.2. The average molecular weight is 584 g/mol. The number of fused-ring (bicyclic) bond motifs is 4. The Kier molecular flexibility index (Phi) is 6.01. The van der Waals surface area contributed by atoms with E-state index in [2.05, 4.69) is 35.3 Å². The van der Waals surface area contributed by atoms with Gasteiger partial charge in [0.2, 0.25) is 0 Å². The first-order chi connectivity index (χ1) is 21.1. The Morgan fingerprint density at radius 1 is 0.953 bits per heavy atom. The van der Waals surface area contributed by atoms with Crippen LogP contribution < -0.4 is 19.6 Å². The molecule has 6 aromatic rings. The van der Waals surface area contributed by atoms with Crippen molar-refractivity contribution >= 4 is 34.0 Å². The van der Waals surface area contributed by atoms with E-state index in [1.54, 1.807) is 23.8 Å². The predicted molar refractivity (Wildman–Crippen MR) is 169 cm³/mol. The predicted octanol–water partition coefficient (Wildman–Crippen LogP) is 6.61. The van der Waals surface area contributed by atoms with Gasteiger partial charge in [-0.15, -0.1) is 0 Å². The van der Waals surface area contributed by atoms with Gasteiger partial charge in [0.05, 0.1) is 34.6 Å². The lowest BCUT2D eigenvalue weighted by atomic mass is 9.83. The molecule has 210 valence electrons. The third-order valence-electron chi connectivity index (χ3n) is 8.45. The molecule has 0 saturated carbocycles. The van der Waals surface area contributed by atoms with E-state index in [4.69, 9.17) is 9.73 Å². The Morgan fingerprint density at radius 3 is 2.56 bits per heavy atom. The van der Waals surface area contributed by atoms with Crippen LogP contribution >= 0.6 is 11.3 Å². The van der Waals surface area contributed by atoms with Crippen LogP contribution in [0.5, 0.6) is 5.75 Å². The van der Waals surface area contributed by atoms with Gasteiger partial charge in [-0.1, -0.05) is 90.2 Å². The molecule has 1 aliphatic carbocycles. The van der Waals surface area contributed by atoms with Gasteiger partial charge in [-0.2, -0.15) is 0 Å². The highest BCUT2D eigenvalue weighted by Gasteiger charge is 2.32. The Balaban J connectivity index is 1.41. The van der Waals surface area contributed by atoms with Crippen molar-refractivity contribution in [1.29, 1.82) is 0 Å². The van der Waals surface area contributed by atoms with Gasteiger partial charge in [0.15, 0.2) is 4.80 Å². The maximum atomic E-state index is 14.4. The zero-order valence-corrected chi connectivity index (χ0v) is 24.1. The van der Waals surface area contributed by atoms with Gasteiger partial charge in [-0.05, 0) is 59.4 Å². The van der Waals surface area contributed by atoms with Gasteiger partial charge >= 0.3 is 0 Å². The number of hydrogen-bond acceptors (Lipinski definition) is 4. The summed E-state index contributed by atoms with van der Waals surface area (Å²) >= 11 is 1.39. The molecule has 2 aromatic heterocycles. The standard InChI is InChI=1S/C36H26FN3O2S/c1-42-29-13-7-12-26-28(31(38-33(26)29)22-9-3-2-4-10-22)20-30-35(41)40-34(23-14-17-24(37)18-15-23)27-19-16-21-8-5-6-11-25(21)32(27)39-36(40)43-30/h2-15,17-18,20,34,38H,16,19H2,1H3/b30-20+/t34-/m0/s1. The third kappa shape index (κ3) is 4.11. The summed E-state index contributed by atoms with van der Waals surface area (Å²) in [6.07, 6.45) is 3.62. The van der Waals surface area contributed by atoms with E-state index >= 15 is 0 Å². The van der Waals surface area contributed by atoms with Crippen LogP contribution in [0.1, 0.15) is 34.7 Å². The fraction of sp³-hybridized carbons (Fsp3) is 0.111. The Labute approximate surface area is 250 Å². The molecule has 7 heteroatoms. The summed E-state index contributed by atoms with van der Waals surface area (Å²) in [5.74, 6) is 0.431. The number of aryl methyl sites for hydroxylation is 1. The van der Waals surface area contributed by atoms with Gasteiger partial charge in [0, 0.05) is 16.5 Å². The van der Waals surface area contributed by atoms with Gasteiger partial charge in [0.1, 0.15) is 11.6 Å². The van der Waals surface area contributed by atoms with Crippen LogP contribution in [0.4, 0.5) is 4.39 Å². The SMILES string of the molecule is COc1cccc2c(/C=c3/sc4n(c3=O)[C@@H](c3ccc(F)cc3)C3=C(N=4)c4ccccc4CC3)c(-c3ccccc3)[nH]c12. The van der Waals surface area contributed by atoms with E-state index < -0.39 is 0 Å². The number of methoxy groups -OCH3 is 1.